The van der Waals surface area contributed by atoms with E-state index in [-0.39, 0.29) is 0 Å². The Morgan fingerprint density at radius 3 is 2.35 bits per heavy atom. The van der Waals surface area contributed by atoms with Crippen LogP contribution in [0.5, 0.6) is 0 Å². The van der Waals surface area contributed by atoms with Gasteiger partial charge in [-0.3, -0.25) is 4.98 Å². The van der Waals surface area contributed by atoms with Gasteiger partial charge in [-0.25, -0.2) is 4.79 Å². The number of benzene rings is 2. The van der Waals surface area contributed by atoms with E-state index in [1.165, 1.54) is 6.08 Å². The highest BCUT2D eigenvalue weighted by Crippen LogP contribution is 2.15. The summed E-state index contributed by atoms with van der Waals surface area (Å²) in [4.78, 5) is 21.3. The zero-order valence-corrected chi connectivity index (χ0v) is 15.3. The maximum atomic E-state index is 12.0. The van der Waals surface area contributed by atoms with Gasteiger partial charge in [0.15, 0.2) is 0 Å². The van der Waals surface area contributed by atoms with Crippen LogP contribution in [-0.2, 0) is 9.63 Å². The number of hydrogen-bond donors (Lipinski definition) is 0. The molecule has 1 heterocycles. The second kappa shape index (κ2) is 8.87. The van der Waals surface area contributed by atoms with Crippen LogP contribution in [0.25, 0.3) is 6.08 Å². The molecule has 4 nitrogen and oxygen atoms in total. The molecular formula is C21H15BrN2O2. The van der Waals surface area contributed by atoms with Crippen LogP contribution in [0, 0.1) is 0 Å². The molecule has 5 heteroatoms. The SMILES string of the molecule is O=C(/C=C/c1ccccc1)O/N=C(/c1ccccc1)c1cncc(Br)c1. The van der Waals surface area contributed by atoms with Crippen molar-refractivity contribution < 1.29 is 9.63 Å². The molecule has 1 aromatic heterocycles. The molecule has 128 valence electrons. The van der Waals surface area contributed by atoms with Crippen LogP contribution in [0.2, 0.25) is 0 Å². The molecule has 0 amide bonds. The predicted molar refractivity (Wildman–Crippen MR) is 106 cm³/mol. The lowest BCUT2D eigenvalue weighted by Crippen LogP contribution is -2.07. The van der Waals surface area contributed by atoms with E-state index in [2.05, 4.69) is 26.1 Å². The van der Waals surface area contributed by atoms with Gasteiger partial charge in [0.05, 0.1) is 0 Å². The molecule has 2 aromatic carbocycles. The molecule has 0 bridgehead atoms. The minimum atomic E-state index is -0.551. The zero-order chi connectivity index (χ0) is 18.2. The lowest BCUT2D eigenvalue weighted by atomic mass is 10.0. The summed E-state index contributed by atoms with van der Waals surface area (Å²) in [5.74, 6) is -0.551. The number of nitrogens with zero attached hydrogens (tertiary/aromatic N) is 2. The lowest BCUT2D eigenvalue weighted by molar-refractivity contribution is -0.137. The highest BCUT2D eigenvalue weighted by Gasteiger charge is 2.10. The Morgan fingerprint density at radius 1 is 0.962 bits per heavy atom. The van der Waals surface area contributed by atoms with E-state index in [9.17, 15) is 4.79 Å². The van der Waals surface area contributed by atoms with Gasteiger partial charge in [-0.2, -0.15) is 0 Å². The van der Waals surface area contributed by atoms with Crippen molar-refractivity contribution in [2.75, 3.05) is 0 Å². The van der Waals surface area contributed by atoms with Crippen molar-refractivity contribution >= 4 is 33.7 Å². The van der Waals surface area contributed by atoms with Gasteiger partial charge in [-0.1, -0.05) is 65.8 Å². The summed E-state index contributed by atoms with van der Waals surface area (Å²) in [6.07, 6.45) is 6.38. The average molecular weight is 407 g/mol. The fraction of sp³-hybridized carbons (Fsp3) is 0. The molecule has 3 rings (SSSR count). The van der Waals surface area contributed by atoms with Crippen molar-refractivity contribution in [3.05, 3.63) is 106 Å². The van der Waals surface area contributed by atoms with Crippen molar-refractivity contribution in [3.8, 4) is 0 Å². The number of oxime groups is 1. The van der Waals surface area contributed by atoms with Gasteiger partial charge < -0.3 is 4.84 Å². The van der Waals surface area contributed by atoms with E-state index >= 15 is 0 Å². The number of carbonyl (C=O) groups excluding carboxylic acids is 1. The summed E-state index contributed by atoms with van der Waals surface area (Å²) < 4.78 is 0.814. The molecule has 3 aromatic rings. The van der Waals surface area contributed by atoms with E-state index in [0.29, 0.717) is 5.71 Å². The Labute approximate surface area is 160 Å². The molecule has 0 radical (unpaired) electrons. The maximum absolute atomic E-state index is 12.0. The van der Waals surface area contributed by atoms with Crippen molar-refractivity contribution in [3.63, 3.8) is 0 Å². The molecule has 0 unspecified atom stereocenters. The Bertz CT molecular complexity index is 938. The zero-order valence-electron chi connectivity index (χ0n) is 13.7. The number of carbonyl (C=O) groups is 1. The number of halogens is 1. The van der Waals surface area contributed by atoms with Gasteiger partial charge in [0.1, 0.15) is 5.71 Å². The summed E-state index contributed by atoms with van der Waals surface area (Å²) in [5.41, 5.74) is 3.01. The largest absolute Gasteiger partial charge is 0.358 e. The second-order valence-corrected chi connectivity index (χ2v) is 6.27. The quantitative estimate of drug-likeness (QED) is 0.263. The number of pyridine rings is 1. The van der Waals surface area contributed by atoms with Gasteiger partial charge in [-0.05, 0) is 33.6 Å². The topological polar surface area (TPSA) is 51.5 Å². The van der Waals surface area contributed by atoms with Gasteiger partial charge in [0, 0.05) is 34.1 Å². The lowest BCUT2D eigenvalue weighted by Gasteiger charge is -2.06. The van der Waals surface area contributed by atoms with Gasteiger partial charge >= 0.3 is 5.97 Å². The summed E-state index contributed by atoms with van der Waals surface area (Å²) in [7, 11) is 0. The van der Waals surface area contributed by atoms with Crippen LogP contribution in [0.15, 0.2) is 94.8 Å². The minimum Gasteiger partial charge on any atom is -0.313 e. The first-order valence-electron chi connectivity index (χ1n) is 7.91. The molecule has 0 aliphatic rings. The monoisotopic (exact) mass is 406 g/mol. The van der Waals surface area contributed by atoms with E-state index in [0.717, 1.165) is 21.2 Å². The maximum Gasteiger partial charge on any atom is 0.358 e. The first-order valence-corrected chi connectivity index (χ1v) is 8.70. The Balaban J connectivity index is 1.83. The fourth-order valence-electron chi connectivity index (χ4n) is 2.26. The molecule has 0 aliphatic carbocycles. The smallest absolute Gasteiger partial charge is 0.313 e. The van der Waals surface area contributed by atoms with Crippen molar-refractivity contribution in [2.24, 2.45) is 5.16 Å². The second-order valence-electron chi connectivity index (χ2n) is 5.35. The van der Waals surface area contributed by atoms with Crippen molar-refractivity contribution in [1.29, 1.82) is 0 Å². The fourth-order valence-corrected chi connectivity index (χ4v) is 2.62. The van der Waals surface area contributed by atoms with Crippen LogP contribution >= 0.6 is 15.9 Å². The first kappa shape index (κ1) is 17.8. The van der Waals surface area contributed by atoms with E-state index < -0.39 is 5.97 Å². The van der Waals surface area contributed by atoms with Gasteiger partial charge in [-0.15, -0.1) is 0 Å². The Morgan fingerprint density at radius 2 is 1.65 bits per heavy atom. The highest BCUT2D eigenvalue weighted by molar-refractivity contribution is 9.10. The first-order chi connectivity index (χ1) is 12.7. The van der Waals surface area contributed by atoms with E-state index in [1.54, 1.807) is 18.5 Å². The van der Waals surface area contributed by atoms with E-state index in [1.807, 2.05) is 66.7 Å². The number of rotatable bonds is 5. The highest BCUT2D eigenvalue weighted by atomic mass is 79.9. The van der Waals surface area contributed by atoms with Crippen LogP contribution < -0.4 is 0 Å². The van der Waals surface area contributed by atoms with Crippen LogP contribution in [0.4, 0.5) is 0 Å². The molecule has 0 atom stereocenters. The van der Waals surface area contributed by atoms with Crippen LogP contribution in [0.3, 0.4) is 0 Å². The third-order valence-corrected chi connectivity index (χ3v) is 3.90. The third-order valence-electron chi connectivity index (χ3n) is 3.46. The van der Waals surface area contributed by atoms with Crippen molar-refractivity contribution in [1.82, 2.24) is 4.98 Å². The summed E-state index contributed by atoms with van der Waals surface area (Å²) in [6.45, 7) is 0. The van der Waals surface area contributed by atoms with Crippen LogP contribution in [0.1, 0.15) is 16.7 Å². The minimum absolute atomic E-state index is 0.529. The number of hydrogen-bond acceptors (Lipinski definition) is 4. The van der Waals surface area contributed by atoms with E-state index in [4.69, 9.17) is 4.84 Å². The average Bonchev–Trinajstić information content (AvgIpc) is 2.68. The molecule has 0 saturated carbocycles. The predicted octanol–water partition coefficient (Wildman–Crippen LogP) is 4.85. The third kappa shape index (κ3) is 4.97. The Hall–Kier alpha value is -3.05. The summed E-state index contributed by atoms with van der Waals surface area (Å²) in [5, 5.41) is 4.07. The molecule has 0 N–H and O–H groups in total. The Kier molecular flexibility index (Phi) is 6.06. The molecule has 0 spiro atoms. The van der Waals surface area contributed by atoms with Crippen LogP contribution in [-0.4, -0.2) is 16.7 Å². The van der Waals surface area contributed by atoms with Crippen molar-refractivity contribution in [2.45, 2.75) is 0 Å². The standard InChI is InChI=1S/C21H15BrN2O2/c22-19-13-18(14-23-15-19)21(17-9-5-2-6-10-17)24-26-20(25)12-11-16-7-3-1-4-8-16/h1-15H/b12-11+,24-21-. The number of aromatic nitrogens is 1. The molecule has 26 heavy (non-hydrogen) atoms. The van der Waals surface area contributed by atoms with Gasteiger partial charge in [0.2, 0.25) is 0 Å². The molecular weight excluding hydrogens is 392 g/mol. The summed E-state index contributed by atoms with van der Waals surface area (Å²) in [6, 6.07) is 20.9. The molecule has 0 fully saturated rings. The normalized spacial score (nSPS) is 11.5. The molecule has 0 saturated heterocycles. The molecule has 0 aliphatic heterocycles. The van der Waals surface area contributed by atoms with Gasteiger partial charge in [0.25, 0.3) is 0 Å². The summed E-state index contributed by atoms with van der Waals surface area (Å²) >= 11 is 3.40.